The van der Waals surface area contributed by atoms with Gasteiger partial charge in [0.15, 0.2) is 11.5 Å². The second-order valence-electron chi connectivity index (χ2n) is 5.99. The molecule has 3 rings (SSSR count). The molecule has 0 saturated heterocycles. The van der Waals surface area contributed by atoms with Crippen LogP contribution in [0.1, 0.15) is 21.5 Å². The monoisotopic (exact) mass is 392 g/mol. The number of hydrogen-bond acceptors (Lipinski definition) is 6. The number of pyridine rings is 1. The van der Waals surface area contributed by atoms with E-state index in [4.69, 9.17) is 19.3 Å². The first-order chi connectivity index (χ1) is 14.1. The molecule has 1 N–H and O–H groups in total. The van der Waals surface area contributed by atoms with Crippen molar-refractivity contribution in [2.75, 3.05) is 14.2 Å². The number of hydrogen-bond donors (Lipinski definition) is 1. The Balaban J connectivity index is 1.79. The number of rotatable bonds is 8. The van der Waals surface area contributed by atoms with Crippen LogP contribution in [0.3, 0.4) is 0 Å². The van der Waals surface area contributed by atoms with Crippen LogP contribution in [0.25, 0.3) is 0 Å². The second-order valence-corrected chi connectivity index (χ2v) is 5.99. The van der Waals surface area contributed by atoms with E-state index in [1.165, 1.54) is 0 Å². The molecule has 0 atom stereocenters. The molecule has 0 aliphatic rings. The fourth-order valence-electron chi connectivity index (χ4n) is 2.56. The highest BCUT2D eigenvalue weighted by Crippen LogP contribution is 2.31. The van der Waals surface area contributed by atoms with Crippen molar-refractivity contribution in [2.45, 2.75) is 6.61 Å². The van der Waals surface area contributed by atoms with Gasteiger partial charge in [-0.2, -0.15) is 0 Å². The van der Waals surface area contributed by atoms with Crippen molar-refractivity contribution in [3.63, 3.8) is 0 Å². The van der Waals surface area contributed by atoms with E-state index in [0.717, 1.165) is 11.1 Å². The van der Waals surface area contributed by atoms with Crippen LogP contribution in [-0.2, 0) is 6.61 Å². The summed E-state index contributed by atoms with van der Waals surface area (Å²) in [5, 5.41) is 9.00. The molecule has 0 bridgehead atoms. The van der Waals surface area contributed by atoms with Crippen molar-refractivity contribution < 1.29 is 24.1 Å². The Kier molecular flexibility index (Phi) is 6.42. The first-order valence-corrected chi connectivity index (χ1v) is 8.77. The molecule has 7 heteroatoms. The predicted molar refractivity (Wildman–Crippen MR) is 109 cm³/mol. The van der Waals surface area contributed by atoms with E-state index in [9.17, 15) is 4.79 Å². The first kappa shape index (κ1) is 19.9. The van der Waals surface area contributed by atoms with Gasteiger partial charge in [-0.15, -0.1) is 0 Å². The quantitative estimate of drug-likeness (QED) is 0.580. The summed E-state index contributed by atoms with van der Waals surface area (Å²) in [6.45, 7) is 0.255. The fraction of sp³-hybridized carbons (Fsp3) is 0.136. The fourth-order valence-corrected chi connectivity index (χ4v) is 2.56. The predicted octanol–water partition coefficient (Wildman–Crippen LogP) is 4.13. The molecule has 0 aliphatic carbocycles. The van der Waals surface area contributed by atoms with E-state index in [2.05, 4.69) is 9.98 Å². The molecule has 0 amide bonds. The minimum Gasteiger partial charge on any atom is -0.493 e. The van der Waals surface area contributed by atoms with E-state index >= 15 is 0 Å². The van der Waals surface area contributed by atoms with Crippen LogP contribution in [-0.4, -0.2) is 36.5 Å². The highest BCUT2D eigenvalue weighted by Gasteiger charge is 2.10. The Morgan fingerprint density at radius 2 is 1.86 bits per heavy atom. The molecule has 0 unspecified atom stereocenters. The summed E-state index contributed by atoms with van der Waals surface area (Å²) in [7, 11) is 3.12. The van der Waals surface area contributed by atoms with Crippen LogP contribution in [0.5, 0.6) is 17.4 Å². The number of aromatic carboxylic acids is 1. The van der Waals surface area contributed by atoms with Crippen molar-refractivity contribution in [3.05, 3.63) is 77.5 Å². The summed E-state index contributed by atoms with van der Waals surface area (Å²) >= 11 is 0. The molecule has 29 heavy (non-hydrogen) atoms. The van der Waals surface area contributed by atoms with Crippen LogP contribution in [0.15, 0.2) is 65.8 Å². The SMILES string of the molecule is COc1ccc(N=Cc2cccc(OC)c2OCc2ccc(C(=O)O)cc2)cn1. The third-order valence-corrected chi connectivity index (χ3v) is 4.10. The van der Waals surface area contributed by atoms with Gasteiger partial charge in [0.05, 0.1) is 31.7 Å². The van der Waals surface area contributed by atoms with Gasteiger partial charge in [-0.05, 0) is 35.9 Å². The Morgan fingerprint density at radius 1 is 1.07 bits per heavy atom. The molecule has 3 aromatic rings. The molecule has 0 spiro atoms. The minimum absolute atomic E-state index is 0.229. The molecule has 1 aromatic heterocycles. The summed E-state index contributed by atoms with van der Waals surface area (Å²) < 4.78 is 16.4. The summed E-state index contributed by atoms with van der Waals surface area (Å²) in [6.07, 6.45) is 3.29. The van der Waals surface area contributed by atoms with Crippen molar-refractivity contribution >= 4 is 17.9 Å². The highest BCUT2D eigenvalue weighted by atomic mass is 16.5. The lowest BCUT2D eigenvalue weighted by molar-refractivity contribution is 0.0697. The zero-order valence-electron chi connectivity index (χ0n) is 16.0. The number of aliphatic imine (C=N–C) groups is 1. The standard InChI is InChI=1S/C22H20N2O5/c1-27-19-5-3-4-17(12-23-18-10-11-20(28-2)24-13-18)21(19)29-14-15-6-8-16(9-7-15)22(25)26/h3-13H,14H2,1-2H3,(H,25,26). The van der Waals surface area contributed by atoms with Gasteiger partial charge in [-0.25, -0.2) is 9.78 Å². The number of para-hydroxylation sites is 1. The Labute approximate surface area is 168 Å². The summed E-state index contributed by atoms with van der Waals surface area (Å²) in [5.41, 5.74) is 2.47. The average molecular weight is 392 g/mol. The van der Waals surface area contributed by atoms with Crippen molar-refractivity contribution in [1.82, 2.24) is 4.98 Å². The average Bonchev–Trinajstić information content (AvgIpc) is 2.76. The second kappa shape index (κ2) is 9.36. The molecule has 0 radical (unpaired) electrons. The summed E-state index contributed by atoms with van der Waals surface area (Å²) in [6, 6.07) is 15.6. The maximum Gasteiger partial charge on any atom is 0.335 e. The van der Waals surface area contributed by atoms with Crippen molar-refractivity contribution in [2.24, 2.45) is 4.99 Å². The normalized spacial score (nSPS) is 10.7. The van der Waals surface area contributed by atoms with Gasteiger partial charge in [0.2, 0.25) is 5.88 Å². The maximum atomic E-state index is 11.0. The van der Waals surface area contributed by atoms with E-state index in [1.54, 1.807) is 69.1 Å². The molecule has 148 valence electrons. The molecular formula is C22H20N2O5. The number of methoxy groups -OCH3 is 2. The number of carbonyl (C=O) groups is 1. The molecule has 0 fully saturated rings. The van der Waals surface area contributed by atoms with E-state index < -0.39 is 5.97 Å². The number of carboxylic acids is 1. The van der Waals surface area contributed by atoms with Crippen LogP contribution in [0.4, 0.5) is 5.69 Å². The van der Waals surface area contributed by atoms with Gasteiger partial charge in [0, 0.05) is 17.8 Å². The van der Waals surface area contributed by atoms with Gasteiger partial charge in [0.1, 0.15) is 6.61 Å². The zero-order valence-corrected chi connectivity index (χ0v) is 16.0. The Morgan fingerprint density at radius 3 is 2.48 bits per heavy atom. The van der Waals surface area contributed by atoms with Crippen LogP contribution in [0.2, 0.25) is 0 Å². The van der Waals surface area contributed by atoms with Crippen molar-refractivity contribution in [3.8, 4) is 17.4 Å². The number of nitrogens with zero attached hydrogens (tertiary/aromatic N) is 2. The lowest BCUT2D eigenvalue weighted by Gasteiger charge is -2.13. The first-order valence-electron chi connectivity index (χ1n) is 8.77. The zero-order chi connectivity index (χ0) is 20.6. The number of benzene rings is 2. The summed E-state index contributed by atoms with van der Waals surface area (Å²) in [4.78, 5) is 19.5. The molecule has 0 aliphatic heterocycles. The van der Waals surface area contributed by atoms with Gasteiger partial charge in [-0.1, -0.05) is 18.2 Å². The lowest BCUT2D eigenvalue weighted by atomic mass is 10.1. The molecular weight excluding hydrogens is 372 g/mol. The van der Waals surface area contributed by atoms with Gasteiger partial charge in [-0.3, -0.25) is 4.99 Å². The van der Waals surface area contributed by atoms with E-state index in [1.807, 2.05) is 12.1 Å². The number of ether oxygens (including phenoxy) is 3. The molecule has 1 heterocycles. The minimum atomic E-state index is -0.964. The Hall–Kier alpha value is -3.87. The number of carboxylic acid groups (broad SMARTS) is 1. The van der Waals surface area contributed by atoms with Gasteiger partial charge >= 0.3 is 5.97 Å². The van der Waals surface area contributed by atoms with Crippen molar-refractivity contribution in [1.29, 1.82) is 0 Å². The molecule has 7 nitrogen and oxygen atoms in total. The maximum absolute atomic E-state index is 11.0. The van der Waals surface area contributed by atoms with Crippen LogP contribution < -0.4 is 14.2 Å². The summed E-state index contributed by atoms with van der Waals surface area (Å²) in [5.74, 6) is 0.670. The van der Waals surface area contributed by atoms with Crippen LogP contribution >= 0.6 is 0 Å². The van der Waals surface area contributed by atoms with E-state index in [0.29, 0.717) is 23.1 Å². The van der Waals surface area contributed by atoms with Gasteiger partial charge < -0.3 is 19.3 Å². The number of aromatic nitrogens is 1. The topological polar surface area (TPSA) is 90.2 Å². The Bertz CT molecular complexity index is 999. The largest absolute Gasteiger partial charge is 0.493 e. The molecule has 2 aromatic carbocycles. The third kappa shape index (κ3) is 5.10. The smallest absolute Gasteiger partial charge is 0.335 e. The van der Waals surface area contributed by atoms with Crippen LogP contribution in [0, 0.1) is 0 Å². The van der Waals surface area contributed by atoms with E-state index in [-0.39, 0.29) is 12.2 Å². The van der Waals surface area contributed by atoms with Gasteiger partial charge in [0.25, 0.3) is 0 Å². The molecule has 0 saturated carbocycles. The highest BCUT2D eigenvalue weighted by molar-refractivity contribution is 5.87. The lowest BCUT2D eigenvalue weighted by Crippen LogP contribution is -2.02. The third-order valence-electron chi connectivity index (χ3n) is 4.10.